The van der Waals surface area contributed by atoms with Crippen LogP contribution in [0.5, 0.6) is 5.75 Å². The van der Waals surface area contributed by atoms with Gasteiger partial charge in [-0.05, 0) is 40.5 Å². The van der Waals surface area contributed by atoms with Gasteiger partial charge in [0.25, 0.3) is 0 Å². The maximum absolute atomic E-state index is 12.7. The molecule has 4 aromatic carbocycles. The van der Waals surface area contributed by atoms with Gasteiger partial charge in [0.2, 0.25) is 5.91 Å². The van der Waals surface area contributed by atoms with E-state index in [2.05, 4.69) is 15.6 Å². The molecular formula is C33H29N5O4. The molecular weight excluding hydrogens is 530 g/mol. The number of amides is 1. The predicted octanol–water partition coefficient (Wildman–Crippen LogP) is 5.70. The molecule has 2 atom stereocenters. The number of carbonyl (C=O) groups is 2. The van der Waals surface area contributed by atoms with Gasteiger partial charge in [-0.2, -0.15) is 0 Å². The van der Waals surface area contributed by atoms with E-state index in [1.54, 1.807) is 10.9 Å². The number of aromatic nitrogens is 3. The molecule has 42 heavy (non-hydrogen) atoms. The average molecular weight is 560 g/mol. The molecule has 0 saturated heterocycles. The van der Waals surface area contributed by atoms with Crippen molar-refractivity contribution in [2.24, 2.45) is 0 Å². The summed E-state index contributed by atoms with van der Waals surface area (Å²) in [4.78, 5) is 26.6. The van der Waals surface area contributed by atoms with Gasteiger partial charge in [0.15, 0.2) is 0 Å². The zero-order chi connectivity index (χ0) is 29.2. The van der Waals surface area contributed by atoms with Crippen molar-refractivity contribution in [2.75, 3.05) is 17.3 Å². The molecule has 1 amide bonds. The number of fused-ring (bicyclic) bond motifs is 1. The van der Waals surface area contributed by atoms with E-state index >= 15 is 0 Å². The van der Waals surface area contributed by atoms with E-state index in [0.29, 0.717) is 17.9 Å². The number of nitrogens with one attached hydrogen (secondary N) is 1. The molecule has 0 aliphatic carbocycles. The van der Waals surface area contributed by atoms with Crippen LogP contribution < -0.4 is 10.2 Å². The van der Waals surface area contributed by atoms with Crippen LogP contribution in [-0.4, -0.2) is 44.1 Å². The Labute approximate surface area is 242 Å². The molecule has 5 aromatic rings. The third kappa shape index (κ3) is 5.19. The largest absolute Gasteiger partial charge is 0.507 e. The van der Waals surface area contributed by atoms with Crippen molar-refractivity contribution in [3.05, 3.63) is 126 Å². The Hall–Kier alpha value is -5.44. The van der Waals surface area contributed by atoms with Crippen LogP contribution in [0.2, 0.25) is 0 Å². The van der Waals surface area contributed by atoms with Crippen LogP contribution >= 0.6 is 0 Å². The molecule has 2 heterocycles. The van der Waals surface area contributed by atoms with Gasteiger partial charge in [0.05, 0.1) is 24.2 Å². The number of carbonyl (C=O) groups excluding carboxylic acids is 1. The Balaban J connectivity index is 1.19. The Morgan fingerprint density at radius 2 is 1.57 bits per heavy atom. The Kier molecular flexibility index (Phi) is 7.14. The van der Waals surface area contributed by atoms with Gasteiger partial charge in [-0.25, -0.2) is 4.79 Å². The van der Waals surface area contributed by atoms with E-state index in [9.17, 15) is 19.8 Å². The number of carboxylic acids is 1. The Bertz CT molecular complexity index is 1740. The van der Waals surface area contributed by atoms with E-state index in [1.165, 1.54) is 12.1 Å². The van der Waals surface area contributed by atoms with Crippen molar-refractivity contribution in [2.45, 2.75) is 24.9 Å². The van der Waals surface area contributed by atoms with Crippen molar-refractivity contribution in [3.8, 4) is 16.9 Å². The number of likely N-dealkylation sites (N-methyl/N-ethyl adjacent to an activating group) is 1. The Morgan fingerprint density at radius 3 is 2.26 bits per heavy atom. The van der Waals surface area contributed by atoms with Gasteiger partial charge in [-0.15, -0.1) is 5.10 Å². The van der Waals surface area contributed by atoms with E-state index in [4.69, 9.17) is 0 Å². The minimum absolute atomic E-state index is 0.144. The van der Waals surface area contributed by atoms with Gasteiger partial charge in [-0.1, -0.05) is 78.0 Å². The normalized spacial score (nSPS) is 15.8. The molecule has 0 saturated carbocycles. The number of hydrogen-bond acceptors (Lipinski definition) is 6. The highest BCUT2D eigenvalue weighted by molar-refractivity contribution is 5.93. The zero-order valence-corrected chi connectivity index (χ0v) is 22.9. The standard InChI is InChI=1S/C33H29N5O4/c1-37-28-19-29(39)26(33(41)42)18-25(28)31(32(37)23-10-6-3-7-11-23)27-20-38(36-35-27)17-16-30(40)34-24-14-12-22(13-15-24)21-8-4-2-5-9-21/h2-15,18-20,31-32,39H,16-17H2,1H3,(H,34,40)(H,41,42). The number of rotatable bonds is 8. The summed E-state index contributed by atoms with van der Waals surface area (Å²) in [6.07, 6.45) is 2.00. The summed E-state index contributed by atoms with van der Waals surface area (Å²) in [6.45, 7) is 0.322. The first-order valence-corrected chi connectivity index (χ1v) is 13.6. The first-order chi connectivity index (χ1) is 20.4. The quantitative estimate of drug-likeness (QED) is 0.223. The molecule has 1 aliphatic heterocycles. The molecule has 9 heteroatoms. The highest BCUT2D eigenvalue weighted by Gasteiger charge is 2.41. The lowest BCUT2D eigenvalue weighted by molar-refractivity contribution is -0.116. The van der Waals surface area contributed by atoms with E-state index in [1.807, 2.05) is 96.9 Å². The first-order valence-electron chi connectivity index (χ1n) is 13.6. The number of nitrogens with zero attached hydrogens (tertiary/aromatic N) is 4. The highest BCUT2D eigenvalue weighted by Crippen LogP contribution is 2.52. The molecule has 0 spiro atoms. The number of anilines is 2. The topological polar surface area (TPSA) is 121 Å². The summed E-state index contributed by atoms with van der Waals surface area (Å²) in [5.74, 6) is -1.97. The van der Waals surface area contributed by atoms with Crippen LogP contribution in [0.4, 0.5) is 11.4 Å². The number of aryl methyl sites for hydroxylation is 1. The van der Waals surface area contributed by atoms with Crippen LogP contribution in [0.3, 0.4) is 0 Å². The van der Waals surface area contributed by atoms with Crippen molar-refractivity contribution < 1.29 is 19.8 Å². The molecule has 0 fully saturated rings. The van der Waals surface area contributed by atoms with Gasteiger partial charge in [0, 0.05) is 37.1 Å². The van der Waals surface area contributed by atoms with E-state index < -0.39 is 5.97 Å². The van der Waals surface area contributed by atoms with Gasteiger partial charge < -0.3 is 20.4 Å². The van der Waals surface area contributed by atoms with Crippen LogP contribution in [0.25, 0.3) is 11.1 Å². The number of aromatic hydroxyl groups is 1. The minimum Gasteiger partial charge on any atom is -0.507 e. The molecule has 210 valence electrons. The van der Waals surface area contributed by atoms with Crippen molar-refractivity contribution in [3.63, 3.8) is 0 Å². The maximum Gasteiger partial charge on any atom is 0.339 e. The number of hydrogen-bond donors (Lipinski definition) is 3. The summed E-state index contributed by atoms with van der Waals surface area (Å²) < 4.78 is 1.63. The van der Waals surface area contributed by atoms with Crippen molar-refractivity contribution in [1.29, 1.82) is 0 Å². The summed E-state index contributed by atoms with van der Waals surface area (Å²) in [5, 5.41) is 31.7. The van der Waals surface area contributed by atoms with Crippen LogP contribution in [0.15, 0.2) is 103 Å². The lowest BCUT2D eigenvalue weighted by Gasteiger charge is -2.26. The highest BCUT2D eigenvalue weighted by atomic mass is 16.4. The summed E-state index contributed by atoms with van der Waals surface area (Å²) in [6, 6.07) is 30.4. The van der Waals surface area contributed by atoms with Crippen molar-refractivity contribution in [1.82, 2.24) is 15.0 Å². The molecule has 2 unspecified atom stereocenters. The van der Waals surface area contributed by atoms with E-state index in [-0.39, 0.29) is 35.6 Å². The molecule has 0 bridgehead atoms. The molecule has 1 aromatic heterocycles. The smallest absolute Gasteiger partial charge is 0.339 e. The fourth-order valence-electron chi connectivity index (χ4n) is 5.63. The third-order valence-corrected chi connectivity index (χ3v) is 7.68. The molecule has 0 radical (unpaired) electrons. The summed E-state index contributed by atoms with van der Waals surface area (Å²) in [7, 11) is 1.91. The van der Waals surface area contributed by atoms with Crippen LogP contribution in [0.1, 0.15) is 45.6 Å². The minimum atomic E-state index is -1.20. The lowest BCUT2D eigenvalue weighted by atomic mass is 9.87. The van der Waals surface area contributed by atoms with Crippen molar-refractivity contribution >= 4 is 23.3 Å². The monoisotopic (exact) mass is 559 g/mol. The molecule has 9 nitrogen and oxygen atoms in total. The number of carboxylic acid groups (broad SMARTS) is 1. The summed E-state index contributed by atoms with van der Waals surface area (Å²) in [5.41, 5.74) is 5.86. The predicted molar refractivity (Wildman–Crippen MR) is 160 cm³/mol. The van der Waals surface area contributed by atoms with Gasteiger partial charge in [-0.3, -0.25) is 9.48 Å². The maximum atomic E-state index is 12.7. The second-order valence-corrected chi connectivity index (χ2v) is 10.3. The third-order valence-electron chi connectivity index (χ3n) is 7.68. The fraction of sp³-hybridized carbons (Fsp3) is 0.152. The van der Waals surface area contributed by atoms with E-state index in [0.717, 1.165) is 27.9 Å². The number of benzene rings is 4. The molecule has 3 N–H and O–H groups in total. The lowest BCUT2D eigenvalue weighted by Crippen LogP contribution is -2.23. The molecule has 1 aliphatic rings. The second-order valence-electron chi connectivity index (χ2n) is 10.3. The zero-order valence-electron chi connectivity index (χ0n) is 22.9. The van der Waals surface area contributed by atoms with Gasteiger partial charge in [0.1, 0.15) is 11.3 Å². The average Bonchev–Trinajstić information content (AvgIpc) is 3.59. The SMILES string of the molecule is CN1c2cc(O)c(C(=O)O)cc2C(c2cn(CCC(=O)Nc3ccc(-c4ccccc4)cc3)nn2)C1c1ccccc1. The second kappa shape index (κ2) is 11.2. The first kappa shape index (κ1) is 26.8. The van der Waals surface area contributed by atoms with Crippen LogP contribution in [0, 0.1) is 0 Å². The molecule has 6 rings (SSSR count). The number of phenols is 1. The van der Waals surface area contributed by atoms with Crippen LogP contribution in [-0.2, 0) is 11.3 Å². The summed E-state index contributed by atoms with van der Waals surface area (Å²) >= 11 is 0. The van der Waals surface area contributed by atoms with Gasteiger partial charge >= 0.3 is 5.97 Å². The number of aromatic carboxylic acids is 1. The fourth-order valence-corrected chi connectivity index (χ4v) is 5.63. The Morgan fingerprint density at radius 1 is 0.905 bits per heavy atom.